The minimum atomic E-state index is -0.0422. The number of para-hydroxylation sites is 2. The highest BCUT2D eigenvalue weighted by Gasteiger charge is 2.23. The molecule has 0 radical (unpaired) electrons. The van der Waals surface area contributed by atoms with Crippen LogP contribution in [-0.2, 0) is 6.42 Å². The maximum absolute atomic E-state index is 12.6. The van der Waals surface area contributed by atoms with Gasteiger partial charge >= 0.3 is 6.03 Å². The summed E-state index contributed by atoms with van der Waals surface area (Å²) >= 11 is 0. The van der Waals surface area contributed by atoms with E-state index in [1.165, 1.54) is 23.1 Å². The number of urea groups is 1. The van der Waals surface area contributed by atoms with Crippen LogP contribution >= 0.6 is 0 Å². The number of hydrogen-bond donors (Lipinski definition) is 1. The summed E-state index contributed by atoms with van der Waals surface area (Å²) in [6, 6.07) is 26.9. The van der Waals surface area contributed by atoms with Gasteiger partial charge in [0.05, 0.1) is 12.8 Å². The first kappa shape index (κ1) is 21.0. The van der Waals surface area contributed by atoms with Crippen molar-refractivity contribution in [3.8, 4) is 16.9 Å². The number of benzene rings is 3. The number of likely N-dealkylation sites (tertiary alicyclic amines) is 1. The Morgan fingerprint density at radius 1 is 0.903 bits per heavy atom. The number of carbonyl (C=O) groups excluding carboxylic acids is 1. The minimum Gasteiger partial charge on any atom is -0.495 e. The summed E-state index contributed by atoms with van der Waals surface area (Å²) in [4.78, 5) is 14.5. The van der Waals surface area contributed by atoms with E-state index in [1.807, 2.05) is 35.2 Å². The molecule has 3 aromatic carbocycles. The number of nitrogens with zero attached hydrogens (tertiary/aromatic N) is 1. The first-order chi connectivity index (χ1) is 15.2. The number of piperidine rings is 1. The van der Waals surface area contributed by atoms with Gasteiger partial charge in [0.1, 0.15) is 5.75 Å². The summed E-state index contributed by atoms with van der Waals surface area (Å²) < 4.78 is 5.32. The third kappa shape index (κ3) is 5.46. The highest BCUT2D eigenvalue weighted by atomic mass is 16.5. The van der Waals surface area contributed by atoms with Gasteiger partial charge in [0.2, 0.25) is 0 Å². The van der Waals surface area contributed by atoms with Crippen molar-refractivity contribution in [2.45, 2.75) is 25.7 Å². The van der Waals surface area contributed by atoms with Crippen molar-refractivity contribution < 1.29 is 9.53 Å². The highest BCUT2D eigenvalue weighted by molar-refractivity contribution is 5.91. The van der Waals surface area contributed by atoms with Gasteiger partial charge in [-0.25, -0.2) is 4.79 Å². The normalized spacial score (nSPS) is 14.3. The molecule has 1 saturated heterocycles. The fourth-order valence-corrected chi connectivity index (χ4v) is 4.23. The van der Waals surface area contributed by atoms with E-state index in [4.69, 9.17) is 4.74 Å². The number of hydrogen-bond acceptors (Lipinski definition) is 2. The molecule has 3 aromatic rings. The van der Waals surface area contributed by atoms with Crippen LogP contribution in [0.4, 0.5) is 10.5 Å². The van der Waals surface area contributed by atoms with Crippen molar-refractivity contribution in [3.63, 3.8) is 0 Å². The van der Waals surface area contributed by atoms with Gasteiger partial charge in [-0.2, -0.15) is 0 Å². The van der Waals surface area contributed by atoms with Crippen LogP contribution in [0.25, 0.3) is 11.1 Å². The molecule has 1 heterocycles. The average molecular weight is 415 g/mol. The Kier molecular flexibility index (Phi) is 6.88. The molecule has 4 nitrogen and oxygen atoms in total. The smallest absolute Gasteiger partial charge is 0.321 e. The number of aryl methyl sites for hydroxylation is 1. The maximum Gasteiger partial charge on any atom is 0.321 e. The fourth-order valence-electron chi connectivity index (χ4n) is 4.23. The molecular formula is C27H30N2O2. The van der Waals surface area contributed by atoms with Gasteiger partial charge in [-0.1, -0.05) is 66.7 Å². The van der Waals surface area contributed by atoms with Crippen LogP contribution in [-0.4, -0.2) is 31.1 Å². The van der Waals surface area contributed by atoms with Crippen molar-refractivity contribution in [3.05, 3.63) is 84.4 Å². The Morgan fingerprint density at radius 3 is 2.26 bits per heavy atom. The van der Waals surface area contributed by atoms with E-state index in [1.54, 1.807) is 7.11 Å². The average Bonchev–Trinajstić information content (AvgIpc) is 2.84. The molecule has 0 unspecified atom stereocenters. The Balaban J connectivity index is 1.23. The van der Waals surface area contributed by atoms with Gasteiger partial charge in [0.25, 0.3) is 0 Å². The Hall–Kier alpha value is -3.27. The number of ether oxygens (including phenoxy) is 1. The zero-order chi connectivity index (χ0) is 21.5. The second-order valence-corrected chi connectivity index (χ2v) is 8.16. The predicted molar refractivity (Wildman–Crippen MR) is 127 cm³/mol. The van der Waals surface area contributed by atoms with E-state index in [9.17, 15) is 4.79 Å². The van der Waals surface area contributed by atoms with Crippen molar-refractivity contribution >= 4 is 11.7 Å². The summed E-state index contributed by atoms with van der Waals surface area (Å²) in [6.45, 7) is 1.61. The zero-order valence-corrected chi connectivity index (χ0v) is 18.1. The van der Waals surface area contributed by atoms with Gasteiger partial charge in [-0.3, -0.25) is 0 Å². The number of amides is 2. The molecule has 0 atom stereocenters. The fraction of sp³-hybridized carbons (Fsp3) is 0.296. The first-order valence-corrected chi connectivity index (χ1v) is 11.1. The lowest BCUT2D eigenvalue weighted by Crippen LogP contribution is -2.41. The minimum absolute atomic E-state index is 0.0422. The molecule has 1 aliphatic heterocycles. The summed E-state index contributed by atoms with van der Waals surface area (Å²) in [5.74, 6) is 1.35. The molecule has 1 fully saturated rings. The molecule has 31 heavy (non-hydrogen) atoms. The van der Waals surface area contributed by atoms with E-state index in [0.717, 1.165) is 38.0 Å². The summed E-state index contributed by atoms with van der Waals surface area (Å²) in [7, 11) is 1.62. The Morgan fingerprint density at radius 2 is 1.55 bits per heavy atom. The molecule has 1 N–H and O–H groups in total. The summed E-state index contributed by atoms with van der Waals surface area (Å²) in [5, 5.41) is 2.98. The standard InChI is InChI=1S/C27H30N2O2/c1-31-26-10-6-5-9-25(26)28-27(30)29-19-17-22(18-20-29)12-11-21-13-15-24(16-14-21)23-7-3-2-4-8-23/h2-10,13-16,22H,11-12,17-20H2,1H3,(H,28,30). The van der Waals surface area contributed by atoms with Crippen LogP contribution in [0, 0.1) is 5.92 Å². The van der Waals surface area contributed by atoms with Crippen LogP contribution in [0.5, 0.6) is 5.75 Å². The lowest BCUT2D eigenvalue weighted by molar-refractivity contribution is 0.180. The second-order valence-electron chi connectivity index (χ2n) is 8.16. The SMILES string of the molecule is COc1ccccc1NC(=O)N1CCC(CCc2ccc(-c3ccccc3)cc2)CC1. The quantitative estimate of drug-likeness (QED) is 0.519. The third-order valence-corrected chi connectivity index (χ3v) is 6.15. The van der Waals surface area contributed by atoms with Crippen molar-refractivity contribution in [2.75, 3.05) is 25.5 Å². The van der Waals surface area contributed by atoms with Crippen LogP contribution < -0.4 is 10.1 Å². The van der Waals surface area contributed by atoms with Crippen molar-refractivity contribution in [1.82, 2.24) is 4.90 Å². The van der Waals surface area contributed by atoms with Gasteiger partial charge in [0, 0.05) is 13.1 Å². The van der Waals surface area contributed by atoms with Crippen LogP contribution in [0.3, 0.4) is 0 Å². The van der Waals surface area contributed by atoms with E-state index in [2.05, 4.69) is 53.8 Å². The summed E-state index contributed by atoms with van der Waals surface area (Å²) in [5.41, 5.74) is 4.62. The first-order valence-electron chi connectivity index (χ1n) is 11.1. The van der Waals surface area contributed by atoms with Gasteiger partial charge < -0.3 is 15.0 Å². The van der Waals surface area contributed by atoms with Crippen LogP contribution in [0.1, 0.15) is 24.8 Å². The molecule has 4 heteroatoms. The lowest BCUT2D eigenvalue weighted by atomic mass is 9.90. The topological polar surface area (TPSA) is 41.6 Å². The largest absolute Gasteiger partial charge is 0.495 e. The highest BCUT2D eigenvalue weighted by Crippen LogP contribution is 2.26. The second kappa shape index (κ2) is 10.2. The maximum atomic E-state index is 12.6. The number of nitrogens with one attached hydrogen (secondary N) is 1. The number of anilines is 1. The number of carbonyl (C=O) groups is 1. The molecule has 2 amide bonds. The molecule has 0 bridgehead atoms. The molecule has 1 aliphatic rings. The third-order valence-electron chi connectivity index (χ3n) is 6.15. The van der Waals surface area contributed by atoms with Crippen LogP contribution in [0.15, 0.2) is 78.9 Å². The van der Waals surface area contributed by atoms with Crippen LogP contribution in [0.2, 0.25) is 0 Å². The van der Waals surface area contributed by atoms with Crippen molar-refractivity contribution in [1.29, 1.82) is 0 Å². The van der Waals surface area contributed by atoms with E-state index >= 15 is 0 Å². The van der Waals surface area contributed by atoms with E-state index < -0.39 is 0 Å². The monoisotopic (exact) mass is 414 g/mol. The molecule has 160 valence electrons. The molecule has 0 saturated carbocycles. The molecule has 0 spiro atoms. The molecule has 4 rings (SSSR count). The zero-order valence-electron chi connectivity index (χ0n) is 18.1. The predicted octanol–water partition coefficient (Wildman–Crippen LogP) is 6.24. The van der Waals surface area contributed by atoms with Gasteiger partial charge in [0.15, 0.2) is 0 Å². The Labute approximate surface area is 184 Å². The number of methoxy groups -OCH3 is 1. The Bertz CT molecular complexity index is 978. The number of rotatable bonds is 6. The van der Waals surface area contributed by atoms with Crippen molar-refractivity contribution in [2.24, 2.45) is 5.92 Å². The molecule has 0 aliphatic carbocycles. The summed E-state index contributed by atoms with van der Waals surface area (Å²) in [6.07, 6.45) is 4.38. The van der Waals surface area contributed by atoms with Gasteiger partial charge in [-0.15, -0.1) is 0 Å². The van der Waals surface area contributed by atoms with E-state index in [-0.39, 0.29) is 6.03 Å². The lowest BCUT2D eigenvalue weighted by Gasteiger charge is -2.32. The van der Waals surface area contributed by atoms with E-state index in [0.29, 0.717) is 11.7 Å². The van der Waals surface area contributed by atoms with Gasteiger partial charge in [-0.05, 0) is 60.4 Å². The molecular weight excluding hydrogens is 384 g/mol. The molecule has 0 aromatic heterocycles.